The van der Waals surface area contributed by atoms with E-state index in [0.717, 1.165) is 0 Å². The van der Waals surface area contributed by atoms with Gasteiger partial charge in [-0.3, -0.25) is 0 Å². The fourth-order valence-electron chi connectivity index (χ4n) is 4.23. The van der Waals surface area contributed by atoms with Crippen LogP contribution in [-0.2, 0) is 13.8 Å². The molecule has 1 aliphatic heterocycles. The van der Waals surface area contributed by atoms with E-state index in [2.05, 4.69) is 98.4 Å². The predicted molar refractivity (Wildman–Crippen MR) is 139 cm³/mol. The van der Waals surface area contributed by atoms with E-state index in [4.69, 9.17) is 20.4 Å². The third-order valence-electron chi connectivity index (χ3n) is 7.58. The van der Waals surface area contributed by atoms with Crippen LogP contribution in [0.2, 0.25) is 0 Å². The number of nitrogens with zero attached hydrogens (tertiary/aromatic N) is 2. The molecule has 1 fully saturated rings. The first kappa shape index (κ1) is 29.1. The Bertz CT molecular complexity index is 658. The van der Waals surface area contributed by atoms with Gasteiger partial charge < -0.3 is 18.6 Å². The van der Waals surface area contributed by atoms with Gasteiger partial charge in [0.2, 0.25) is 6.54 Å². The second-order valence-electron chi connectivity index (χ2n) is 11.2. The summed E-state index contributed by atoms with van der Waals surface area (Å²) in [5, 5.41) is 0.0134. The zero-order valence-corrected chi connectivity index (χ0v) is 23.9. The van der Waals surface area contributed by atoms with Crippen molar-refractivity contribution in [2.45, 2.75) is 105 Å². The van der Waals surface area contributed by atoms with Gasteiger partial charge in [-0.15, -0.1) is 13.2 Å². The van der Waals surface area contributed by atoms with E-state index in [1.165, 1.54) is 0 Å². The van der Waals surface area contributed by atoms with E-state index in [1.807, 2.05) is 0 Å². The van der Waals surface area contributed by atoms with E-state index in [1.54, 1.807) is 0 Å². The number of ether oxygens (including phenoxy) is 1. The molecule has 1 rings (SSSR count). The third kappa shape index (κ3) is 6.35. The Morgan fingerprint density at radius 1 is 1.13 bits per heavy atom. The van der Waals surface area contributed by atoms with Crippen LogP contribution in [0.3, 0.4) is 0 Å². The minimum absolute atomic E-state index is 0.0134. The fourth-order valence-corrected chi connectivity index (χ4v) is 7.72. The maximum absolute atomic E-state index is 7.12. The SMILES string of the molecule is [C-]#[N+]CCOP(O[C@@H]1C(C(C)(C)C(C)(C)P(=C)(C)C)O[C@@H](C)[C@@H]1C)N(C(C)C)C(C)C. The Hall–Kier alpha value is 0.0600. The number of hydrogen-bond acceptors (Lipinski definition) is 4. The zero-order valence-electron chi connectivity index (χ0n) is 22.1. The van der Waals surface area contributed by atoms with E-state index in [-0.39, 0.29) is 46.9 Å². The van der Waals surface area contributed by atoms with Crippen molar-refractivity contribution < 1.29 is 13.8 Å². The standard InChI is InChI=1S/C24H48N2O3P2/c1-17(2)26(18(3)4)30(27-16-15-25-11)29-21-19(5)20(6)28-22(21)23(7,8)24(9,10)31(12,13)14/h17-22H,12,15-16H2,1-10,13-14H3/t19-,20-,21-,22?,30?/m0/s1. The van der Waals surface area contributed by atoms with Gasteiger partial charge in [-0.1, -0.05) is 34.6 Å². The molecule has 0 spiro atoms. The van der Waals surface area contributed by atoms with Crippen molar-refractivity contribution >= 4 is 21.7 Å². The molecule has 7 heteroatoms. The quantitative estimate of drug-likeness (QED) is 0.192. The molecule has 5 nitrogen and oxygen atoms in total. The highest BCUT2D eigenvalue weighted by Gasteiger charge is 2.56. The van der Waals surface area contributed by atoms with Gasteiger partial charge in [0.15, 0.2) is 0 Å². The van der Waals surface area contributed by atoms with Gasteiger partial charge in [0.1, 0.15) is 6.61 Å². The molecule has 0 bridgehead atoms. The lowest BCUT2D eigenvalue weighted by Gasteiger charge is -2.52. The highest BCUT2D eigenvalue weighted by molar-refractivity contribution is 7.73. The minimum atomic E-state index is -1.42. The van der Waals surface area contributed by atoms with Crippen LogP contribution in [0.5, 0.6) is 0 Å². The number of hydrogen-bond donors (Lipinski definition) is 0. The molecular weight excluding hydrogens is 426 g/mol. The van der Waals surface area contributed by atoms with Gasteiger partial charge in [0.25, 0.3) is 8.53 Å². The lowest BCUT2D eigenvalue weighted by atomic mass is 9.72. The maximum Gasteiger partial charge on any atom is 0.259 e. The molecule has 0 aliphatic carbocycles. The molecule has 2 unspecified atom stereocenters. The Balaban J connectivity index is 3.34. The molecule has 5 atom stereocenters. The van der Waals surface area contributed by atoms with Gasteiger partial charge in [-0.25, -0.2) is 11.2 Å². The van der Waals surface area contributed by atoms with Crippen molar-refractivity contribution in [2.24, 2.45) is 11.3 Å². The van der Waals surface area contributed by atoms with Crippen LogP contribution in [0.15, 0.2) is 0 Å². The molecule has 1 aliphatic rings. The van der Waals surface area contributed by atoms with E-state index in [0.29, 0.717) is 13.2 Å². The summed E-state index contributed by atoms with van der Waals surface area (Å²) in [6.07, 6.45) is 4.57. The molecule has 0 aromatic heterocycles. The first-order valence-corrected chi connectivity index (χ1v) is 15.6. The molecule has 0 aromatic rings. The van der Waals surface area contributed by atoms with Gasteiger partial charge >= 0.3 is 0 Å². The van der Waals surface area contributed by atoms with E-state index < -0.39 is 15.4 Å². The summed E-state index contributed by atoms with van der Waals surface area (Å²) in [5.41, 5.74) is -0.131. The lowest BCUT2D eigenvalue weighted by molar-refractivity contribution is -0.0629. The second kappa shape index (κ2) is 11.0. The summed E-state index contributed by atoms with van der Waals surface area (Å²) >= 11 is 0. The van der Waals surface area contributed by atoms with Gasteiger partial charge in [-0.05, 0) is 53.1 Å². The monoisotopic (exact) mass is 474 g/mol. The van der Waals surface area contributed by atoms with Crippen LogP contribution in [0.4, 0.5) is 0 Å². The highest BCUT2D eigenvalue weighted by atomic mass is 31.2. The van der Waals surface area contributed by atoms with Crippen LogP contribution in [0, 0.1) is 17.9 Å². The van der Waals surface area contributed by atoms with Crippen molar-refractivity contribution in [1.82, 2.24) is 4.67 Å². The lowest BCUT2D eigenvalue weighted by Crippen LogP contribution is -2.52. The zero-order chi connectivity index (χ0) is 24.4. The molecule has 0 saturated carbocycles. The van der Waals surface area contributed by atoms with Gasteiger partial charge in [0, 0.05) is 23.4 Å². The Morgan fingerprint density at radius 2 is 1.65 bits per heavy atom. The van der Waals surface area contributed by atoms with Crippen molar-refractivity contribution in [1.29, 1.82) is 0 Å². The molecular formula is C24H48N2O3P2. The third-order valence-corrected chi connectivity index (χ3v) is 13.3. The fraction of sp³-hybridized carbons (Fsp3) is 0.917. The van der Waals surface area contributed by atoms with E-state index >= 15 is 0 Å². The van der Waals surface area contributed by atoms with Crippen LogP contribution >= 0.6 is 15.4 Å². The summed E-state index contributed by atoms with van der Waals surface area (Å²) in [6.45, 7) is 33.5. The molecule has 31 heavy (non-hydrogen) atoms. The Morgan fingerprint density at radius 3 is 2.06 bits per heavy atom. The molecule has 0 amide bonds. The average molecular weight is 475 g/mol. The van der Waals surface area contributed by atoms with Gasteiger partial charge in [-0.2, -0.15) is 0 Å². The summed E-state index contributed by atoms with van der Waals surface area (Å²) in [5.74, 6) is 0.252. The second-order valence-corrected chi connectivity index (χ2v) is 17.1. The Labute approximate surface area is 194 Å². The first-order valence-electron chi connectivity index (χ1n) is 11.6. The average Bonchev–Trinajstić information content (AvgIpc) is 2.89. The predicted octanol–water partition coefficient (Wildman–Crippen LogP) is 6.59. The smallest absolute Gasteiger partial charge is 0.259 e. The topological polar surface area (TPSA) is 35.3 Å². The molecule has 1 saturated heterocycles. The van der Waals surface area contributed by atoms with Crippen LogP contribution in [0.1, 0.15) is 69.2 Å². The van der Waals surface area contributed by atoms with Gasteiger partial charge in [0.05, 0.1) is 18.3 Å². The van der Waals surface area contributed by atoms with Crippen LogP contribution < -0.4 is 0 Å². The summed E-state index contributed by atoms with van der Waals surface area (Å²) < 4.78 is 22.0. The van der Waals surface area contributed by atoms with Crippen molar-refractivity contribution in [3.8, 4) is 0 Å². The van der Waals surface area contributed by atoms with Crippen molar-refractivity contribution in [3.05, 3.63) is 11.4 Å². The molecule has 0 N–H and O–H groups in total. The summed E-state index contributed by atoms with van der Waals surface area (Å²) in [4.78, 5) is 3.46. The first-order chi connectivity index (χ1) is 14.0. The largest absolute Gasteiger partial charge is 0.372 e. The van der Waals surface area contributed by atoms with E-state index in [9.17, 15) is 0 Å². The maximum atomic E-state index is 7.12. The molecule has 0 radical (unpaired) electrons. The molecule has 0 aromatic carbocycles. The summed E-state index contributed by atoms with van der Waals surface area (Å²) in [6, 6.07) is 0.559. The van der Waals surface area contributed by atoms with Crippen molar-refractivity contribution in [3.63, 3.8) is 0 Å². The Kier molecular flexibility index (Phi) is 10.3. The van der Waals surface area contributed by atoms with Crippen molar-refractivity contribution in [2.75, 3.05) is 26.5 Å². The number of rotatable bonds is 11. The minimum Gasteiger partial charge on any atom is -0.372 e. The molecule has 1 heterocycles. The highest BCUT2D eigenvalue weighted by Crippen LogP contribution is 2.63. The summed E-state index contributed by atoms with van der Waals surface area (Å²) in [7, 11) is -1.31. The normalized spacial score (nSPS) is 26.6. The van der Waals surface area contributed by atoms with Crippen LogP contribution in [-0.4, -0.2) is 73.0 Å². The van der Waals surface area contributed by atoms with Crippen LogP contribution in [0.25, 0.3) is 4.85 Å². The molecule has 182 valence electrons.